The summed E-state index contributed by atoms with van der Waals surface area (Å²) in [6, 6.07) is 13.0. The molecule has 0 radical (unpaired) electrons. The van der Waals surface area contributed by atoms with Gasteiger partial charge in [0.15, 0.2) is 11.5 Å². The van der Waals surface area contributed by atoms with Gasteiger partial charge in [-0.25, -0.2) is 0 Å². The predicted octanol–water partition coefficient (Wildman–Crippen LogP) is 4.64. The highest BCUT2D eigenvalue weighted by atomic mass is 16.5. The lowest BCUT2D eigenvalue weighted by Crippen LogP contribution is -2.14. The van der Waals surface area contributed by atoms with Crippen LogP contribution in [0.1, 0.15) is 30.4 Å². The molecule has 2 aromatic carbocycles. The summed E-state index contributed by atoms with van der Waals surface area (Å²) in [6.07, 6.45) is 6.71. The summed E-state index contributed by atoms with van der Waals surface area (Å²) < 4.78 is 11.0. The van der Waals surface area contributed by atoms with Gasteiger partial charge in [-0.05, 0) is 60.3 Å². The Bertz CT molecular complexity index is 714. The van der Waals surface area contributed by atoms with E-state index in [1.807, 2.05) is 12.1 Å². The van der Waals surface area contributed by atoms with Gasteiger partial charge in [0.1, 0.15) is 0 Å². The van der Waals surface area contributed by atoms with E-state index in [0.29, 0.717) is 5.41 Å². The number of ether oxygens (including phenoxy) is 2. The molecule has 0 heterocycles. The zero-order valence-electron chi connectivity index (χ0n) is 13.3. The molecular formula is C20H22O2. The third-order valence-corrected chi connectivity index (χ3v) is 5.37. The Balaban J connectivity index is 1.75. The van der Waals surface area contributed by atoms with Crippen LogP contribution in [-0.4, -0.2) is 14.2 Å². The van der Waals surface area contributed by atoms with Gasteiger partial charge in [0.25, 0.3) is 0 Å². The van der Waals surface area contributed by atoms with Crippen molar-refractivity contribution in [3.63, 3.8) is 0 Å². The van der Waals surface area contributed by atoms with Crippen molar-refractivity contribution in [3.05, 3.63) is 47.5 Å². The van der Waals surface area contributed by atoms with Crippen LogP contribution in [0.5, 0.6) is 11.5 Å². The summed E-state index contributed by atoms with van der Waals surface area (Å²) in [7, 11) is 3.39. The van der Waals surface area contributed by atoms with Crippen molar-refractivity contribution in [2.45, 2.75) is 32.1 Å². The van der Waals surface area contributed by atoms with E-state index in [1.54, 1.807) is 19.8 Å². The maximum Gasteiger partial charge on any atom is 0.168 e. The molecule has 0 unspecified atom stereocenters. The van der Waals surface area contributed by atoms with Gasteiger partial charge in [-0.15, -0.1) is 0 Å². The molecule has 1 fully saturated rings. The zero-order valence-corrected chi connectivity index (χ0v) is 13.3. The van der Waals surface area contributed by atoms with Gasteiger partial charge in [-0.2, -0.15) is 0 Å². The third kappa shape index (κ3) is 2.18. The molecule has 0 N–H and O–H groups in total. The standard InChI is InChI=1S/C20H22O2/c1-21-18-5-3-4-17(19(18)22-2)15-6-7-16-13-20(10-11-20)9-8-14(16)12-15/h3-7,12H,8-11,13H2,1-2H3. The summed E-state index contributed by atoms with van der Waals surface area (Å²) in [5.41, 5.74) is 6.06. The largest absolute Gasteiger partial charge is 0.493 e. The minimum Gasteiger partial charge on any atom is -0.493 e. The van der Waals surface area contributed by atoms with Crippen LogP contribution in [0.15, 0.2) is 36.4 Å². The molecule has 22 heavy (non-hydrogen) atoms. The van der Waals surface area contributed by atoms with Gasteiger partial charge in [0, 0.05) is 5.56 Å². The maximum absolute atomic E-state index is 5.58. The molecule has 2 nitrogen and oxygen atoms in total. The fraction of sp³-hybridized carbons (Fsp3) is 0.400. The van der Waals surface area contributed by atoms with E-state index in [4.69, 9.17) is 9.47 Å². The minimum absolute atomic E-state index is 0.669. The number of benzene rings is 2. The van der Waals surface area contributed by atoms with Gasteiger partial charge < -0.3 is 9.47 Å². The van der Waals surface area contributed by atoms with E-state index < -0.39 is 0 Å². The molecule has 0 saturated heterocycles. The monoisotopic (exact) mass is 294 g/mol. The summed E-state index contributed by atoms with van der Waals surface area (Å²) in [5.74, 6) is 1.61. The van der Waals surface area contributed by atoms with E-state index in [1.165, 1.54) is 43.2 Å². The second-order valence-corrected chi connectivity index (χ2v) is 6.70. The van der Waals surface area contributed by atoms with Crippen LogP contribution in [0.4, 0.5) is 0 Å². The molecule has 1 saturated carbocycles. The second-order valence-electron chi connectivity index (χ2n) is 6.70. The van der Waals surface area contributed by atoms with Crippen LogP contribution in [0.3, 0.4) is 0 Å². The number of para-hydroxylation sites is 1. The molecule has 2 aromatic rings. The predicted molar refractivity (Wildman–Crippen MR) is 88.7 cm³/mol. The van der Waals surface area contributed by atoms with Crippen molar-refractivity contribution in [2.24, 2.45) is 5.41 Å². The summed E-state index contributed by atoms with van der Waals surface area (Å²) in [5, 5.41) is 0. The van der Waals surface area contributed by atoms with Crippen molar-refractivity contribution in [1.29, 1.82) is 0 Å². The Morgan fingerprint density at radius 3 is 2.50 bits per heavy atom. The third-order valence-electron chi connectivity index (χ3n) is 5.37. The molecule has 114 valence electrons. The lowest BCUT2D eigenvalue weighted by atomic mass is 9.80. The first-order chi connectivity index (χ1) is 10.7. The zero-order chi connectivity index (χ0) is 15.2. The second kappa shape index (κ2) is 5.05. The number of fused-ring (bicyclic) bond motifs is 1. The van der Waals surface area contributed by atoms with Gasteiger partial charge >= 0.3 is 0 Å². The average molecular weight is 294 g/mol. The molecule has 0 bridgehead atoms. The topological polar surface area (TPSA) is 18.5 Å². The fourth-order valence-electron chi connectivity index (χ4n) is 3.81. The number of aryl methyl sites for hydroxylation is 1. The Labute approximate surface area is 132 Å². The molecule has 0 atom stereocenters. The first kappa shape index (κ1) is 13.7. The van der Waals surface area contributed by atoms with Crippen LogP contribution in [0.2, 0.25) is 0 Å². The van der Waals surface area contributed by atoms with Crippen LogP contribution in [0, 0.1) is 5.41 Å². The van der Waals surface area contributed by atoms with Gasteiger partial charge in [0.05, 0.1) is 14.2 Å². The number of hydrogen-bond donors (Lipinski definition) is 0. The van der Waals surface area contributed by atoms with Crippen LogP contribution >= 0.6 is 0 Å². The molecule has 0 aliphatic heterocycles. The van der Waals surface area contributed by atoms with Crippen LogP contribution in [0.25, 0.3) is 11.1 Å². The highest BCUT2D eigenvalue weighted by Crippen LogP contribution is 2.55. The van der Waals surface area contributed by atoms with Crippen LogP contribution < -0.4 is 9.47 Å². The SMILES string of the molecule is COc1cccc(-c2ccc3c(c2)CCC2(CC2)C3)c1OC. The number of rotatable bonds is 3. The number of methoxy groups -OCH3 is 2. The molecular weight excluding hydrogens is 272 g/mol. The Morgan fingerprint density at radius 2 is 1.77 bits per heavy atom. The fourth-order valence-corrected chi connectivity index (χ4v) is 3.81. The molecule has 0 amide bonds. The summed E-state index contributed by atoms with van der Waals surface area (Å²) >= 11 is 0. The average Bonchev–Trinajstić information content (AvgIpc) is 3.32. The van der Waals surface area contributed by atoms with E-state index in [0.717, 1.165) is 17.1 Å². The molecule has 0 aromatic heterocycles. The Kier molecular flexibility index (Phi) is 3.14. The maximum atomic E-state index is 5.58. The lowest BCUT2D eigenvalue weighted by Gasteiger charge is -2.25. The van der Waals surface area contributed by atoms with Gasteiger partial charge in [-0.1, -0.05) is 30.3 Å². The molecule has 2 aliphatic carbocycles. The number of hydrogen-bond acceptors (Lipinski definition) is 2. The normalized spacial score (nSPS) is 17.9. The van der Waals surface area contributed by atoms with Crippen molar-refractivity contribution in [3.8, 4) is 22.6 Å². The van der Waals surface area contributed by atoms with Gasteiger partial charge in [0.2, 0.25) is 0 Å². The molecule has 2 aliphatic rings. The first-order valence-corrected chi connectivity index (χ1v) is 8.08. The first-order valence-electron chi connectivity index (χ1n) is 8.08. The van der Waals surface area contributed by atoms with Crippen molar-refractivity contribution in [2.75, 3.05) is 14.2 Å². The van der Waals surface area contributed by atoms with E-state index >= 15 is 0 Å². The van der Waals surface area contributed by atoms with E-state index in [2.05, 4.69) is 24.3 Å². The molecule has 4 rings (SSSR count). The Morgan fingerprint density at radius 1 is 0.909 bits per heavy atom. The van der Waals surface area contributed by atoms with E-state index in [9.17, 15) is 0 Å². The van der Waals surface area contributed by atoms with Gasteiger partial charge in [-0.3, -0.25) is 0 Å². The summed E-state index contributed by atoms with van der Waals surface area (Å²) in [6.45, 7) is 0. The van der Waals surface area contributed by atoms with Crippen molar-refractivity contribution >= 4 is 0 Å². The molecule has 2 heteroatoms. The molecule has 1 spiro atoms. The van der Waals surface area contributed by atoms with Crippen LogP contribution in [-0.2, 0) is 12.8 Å². The Hall–Kier alpha value is -1.96. The quantitative estimate of drug-likeness (QED) is 0.821. The smallest absolute Gasteiger partial charge is 0.168 e. The highest BCUT2D eigenvalue weighted by Gasteiger charge is 2.44. The summed E-state index contributed by atoms with van der Waals surface area (Å²) in [4.78, 5) is 0. The minimum atomic E-state index is 0.669. The van der Waals surface area contributed by atoms with Crippen molar-refractivity contribution in [1.82, 2.24) is 0 Å². The van der Waals surface area contributed by atoms with Crippen molar-refractivity contribution < 1.29 is 9.47 Å². The van der Waals surface area contributed by atoms with E-state index in [-0.39, 0.29) is 0 Å². The lowest BCUT2D eigenvalue weighted by molar-refractivity contribution is 0.356. The highest BCUT2D eigenvalue weighted by molar-refractivity contribution is 5.74.